The fraction of sp³-hybridized carbons (Fsp3) is 0.833. The number of esters is 1. The number of carbonyl (C=O) groups is 2. The van der Waals surface area contributed by atoms with Gasteiger partial charge in [-0.15, -0.1) is 0 Å². The van der Waals surface area contributed by atoms with Gasteiger partial charge in [-0.25, -0.2) is 4.79 Å². The summed E-state index contributed by atoms with van der Waals surface area (Å²) >= 11 is 0. The van der Waals surface area contributed by atoms with Gasteiger partial charge in [-0.2, -0.15) is 0 Å². The summed E-state index contributed by atoms with van der Waals surface area (Å²) in [6, 6.07) is -0.578. The molecular weight excluding hydrogens is 220 g/mol. The van der Waals surface area contributed by atoms with E-state index in [0.717, 1.165) is 19.3 Å². The van der Waals surface area contributed by atoms with Crippen LogP contribution in [0.1, 0.15) is 32.6 Å². The van der Waals surface area contributed by atoms with Crippen LogP contribution in [0.25, 0.3) is 0 Å². The Labute approximate surface area is 101 Å². The summed E-state index contributed by atoms with van der Waals surface area (Å²) in [5, 5.41) is 0. The molecule has 1 aliphatic heterocycles. The van der Waals surface area contributed by atoms with Crippen LogP contribution >= 0.6 is 0 Å². The molecule has 2 fully saturated rings. The second-order valence-corrected chi connectivity index (χ2v) is 5.15. The second kappa shape index (κ2) is 4.29. The fourth-order valence-corrected chi connectivity index (χ4v) is 3.10. The molecule has 1 amide bonds. The van der Waals surface area contributed by atoms with Crippen LogP contribution in [0.2, 0.25) is 0 Å². The van der Waals surface area contributed by atoms with Gasteiger partial charge in [0.05, 0.1) is 12.6 Å². The third-order valence-electron chi connectivity index (χ3n) is 4.12. The van der Waals surface area contributed by atoms with E-state index in [2.05, 4.69) is 0 Å². The predicted molar refractivity (Wildman–Crippen MR) is 62.1 cm³/mol. The molecule has 3 atom stereocenters. The van der Waals surface area contributed by atoms with Crippen molar-refractivity contribution < 1.29 is 14.3 Å². The number of fused-ring (bicyclic) bond motifs is 1. The summed E-state index contributed by atoms with van der Waals surface area (Å²) in [6.45, 7) is 2.09. The van der Waals surface area contributed by atoms with Crippen molar-refractivity contribution in [2.45, 2.75) is 44.2 Å². The van der Waals surface area contributed by atoms with Crippen molar-refractivity contribution in [1.29, 1.82) is 0 Å². The van der Waals surface area contributed by atoms with E-state index in [1.165, 1.54) is 4.90 Å². The smallest absolute Gasteiger partial charge is 0.332 e. The molecule has 2 aliphatic rings. The summed E-state index contributed by atoms with van der Waals surface area (Å²) in [5.74, 6) is -0.300. The van der Waals surface area contributed by atoms with E-state index in [1.54, 1.807) is 14.0 Å². The highest BCUT2D eigenvalue weighted by molar-refractivity contribution is 5.91. The maximum Gasteiger partial charge on any atom is 0.332 e. The van der Waals surface area contributed by atoms with Crippen molar-refractivity contribution in [1.82, 2.24) is 4.90 Å². The molecule has 0 radical (unpaired) electrons. The summed E-state index contributed by atoms with van der Waals surface area (Å²) < 4.78 is 5.18. The van der Waals surface area contributed by atoms with Crippen LogP contribution < -0.4 is 5.73 Å². The predicted octanol–water partition coefficient (Wildman–Crippen LogP) is 0.278. The van der Waals surface area contributed by atoms with Gasteiger partial charge in [-0.1, -0.05) is 12.8 Å². The van der Waals surface area contributed by atoms with Gasteiger partial charge in [0.2, 0.25) is 5.91 Å². The number of ether oxygens (including phenoxy) is 1. The van der Waals surface area contributed by atoms with Crippen molar-refractivity contribution in [2.24, 2.45) is 11.7 Å². The zero-order chi connectivity index (χ0) is 12.6. The summed E-state index contributed by atoms with van der Waals surface area (Å²) in [5.41, 5.74) is 4.88. The van der Waals surface area contributed by atoms with Gasteiger partial charge in [-0.3, -0.25) is 4.79 Å². The molecule has 2 rings (SSSR count). The number of carbonyl (C=O) groups excluding carboxylic acids is 2. The average molecular weight is 240 g/mol. The summed E-state index contributed by atoms with van der Waals surface area (Å²) in [7, 11) is 1.68. The third-order valence-corrected chi connectivity index (χ3v) is 4.12. The SMILES string of the molecule is CC(N)C(=O)N(C)C12CCCCC1COC2=O. The van der Waals surface area contributed by atoms with Gasteiger partial charge in [0.1, 0.15) is 5.54 Å². The van der Waals surface area contributed by atoms with E-state index in [-0.39, 0.29) is 17.8 Å². The normalized spacial score (nSPS) is 33.8. The van der Waals surface area contributed by atoms with Crippen molar-refractivity contribution in [3.8, 4) is 0 Å². The Hall–Kier alpha value is -1.10. The van der Waals surface area contributed by atoms with Crippen LogP contribution in [-0.2, 0) is 14.3 Å². The molecule has 96 valence electrons. The molecule has 17 heavy (non-hydrogen) atoms. The Morgan fingerprint density at radius 3 is 2.94 bits per heavy atom. The molecule has 2 N–H and O–H groups in total. The highest BCUT2D eigenvalue weighted by Crippen LogP contribution is 2.43. The first kappa shape index (κ1) is 12.4. The minimum atomic E-state index is -0.747. The van der Waals surface area contributed by atoms with E-state index >= 15 is 0 Å². The average Bonchev–Trinajstić information content (AvgIpc) is 2.66. The molecule has 1 saturated heterocycles. The highest BCUT2D eigenvalue weighted by atomic mass is 16.5. The molecule has 5 heteroatoms. The number of cyclic esters (lactones) is 1. The maximum absolute atomic E-state index is 12.0. The molecule has 5 nitrogen and oxygen atoms in total. The van der Waals surface area contributed by atoms with Gasteiger partial charge in [0.25, 0.3) is 0 Å². The molecule has 0 spiro atoms. The zero-order valence-electron chi connectivity index (χ0n) is 10.4. The third kappa shape index (κ3) is 1.73. The topological polar surface area (TPSA) is 72.6 Å². The first-order valence-corrected chi connectivity index (χ1v) is 6.20. The fourth-order valence-electron chi connectivity index (χ4n) is 3.10. The lowest BCUT2D eigenvalue weighted by atomic mass is 9.73. The summed E-state index contributed by atoms with van der Waals surface area (Å²) in [6.07, 6.45) is 3.71. The summed E-state index contributed by atoms with van der Waals surface area (Å²) in [4.78, 5) is 25.6. The number of amides is 1. The van der Waals surface area contributed by atoms with Crippen LogP contribution in [0.4, 0.5) is 0 Å². The molecule has 3 unspecified atom stereocenters. The lowest BCUT2D eigenvalue weighted by molar-refractivity contribution is -0.156. The molecule has 1 heterocycles. The van der Waals surface area contributed by atoms with E-state index in [9.17, 15) is 9.59 Å². The first-order valence-electron chi connectivity index (χ1n) is 6.20. The van der Waals surface area contributed by atoms with E-state index < -0.39 is 11.6 Å². The number of nitrogens with zero attached hydrogens (tertiary/aromatic N) is 1. The van der Waals surface area contributed by atoms with Gasteiger partial charge in [0, 0.05) is 13.0 Å². The van der Waals surface area contributed by atoms with Crippen LogP contribution in [0.15, 0.2) is 0 Å². The number of nitrogens with two attached hydrogens (primary N) is 1. The molecule has 1 saturated carbocycles. The quantitative estimate of drug-likeness (QED) is 0.704. The van der Waals surface area contributed by atoms with Crippen molar-refractivity contribution in [3.63, 3.8) is 0 Å². The van der Waals surface area contributed by atoms with Crippen LogP contribution in [-0.4, -0.2) is 42.0 Å². The molecule has 0 aromatic heterocycles. The Kier molecular flexibility index (Phi) is 3.12. The first-order chi connectivity index (χ1) is 8.00. The van der Waals surface area contributed by atoms with E-state index in [4.69, 9.17) is 10.5 Å². The lowest BCUT2D eigenvalue weighted by Crippen LogP contribution is -2.60. The highest BCUT2D eigenvalue weighted by Gasteiger charge is 2.57. The van der Waals surface area contributed by atoms with Crippen LogP contribution in [0.3, 0.4) is 0 Å². The van der Waals surface area contributed by atoms with Gasteiger partial charge < -0.3 is 15.4 Å². The number of rotatable bonds is 2. The zero-order valence-corrected chi connectivity index (χ0v) is 10.4. The van der Waals surface area contributed by atoms with E-state index in [1.807, 2.05) is 0 Å². The number of likely N-dealkylation sites (N-methyl/N-ethyl adjacent to an activating group) is 1. The lowest BCUT2D eigenvalue weighted by Gasteiger charge is -2.42. The maximum atomic E-state index is 12.0. The molecule has 0 aromatic carbocycles. The Morgan fingerprint density at radius 1 is 1.59 bits per heavy atom. The van der Waals surface area contributed by atoms with Gasteiger partial charge in [-0.05, 0) is 19.8 Å². The van der Waals surface area contributed by atoms with Crippen LogP contribution in [0, 0.1) is 5.92 Å². The molecule has 0 aromatic rings. The van der Waals surface area contributed by atoms with Gasteiger partial charge in [0.15, 0.2) is 0 Å². The van der Waals surface area contributed by atoms with Crippen molar-refractivity contribution >= 4 is 11.9 Å². The molecular formula is C12H20N2O3. The Bertz CT molecular complexity index is 343. The number of hydrogen-bond donors (Lipinski definition) is 1. The minimum Gasteiger partial charge on any atom is -0.464 e. The molecule has 0 bridgehead atoms. The molecule has 1 aliphatic carbocycles. The Balaban J connectivity index is 2.30. The minimum absolute atomic E-state index is 0.136. The Morgan fingerprint density at radius 2 is 2.29 bits per heavy atom. The van der Waals surface area contributed by atoms with E-state index in [0.29, 0.717) is 13.0 Å². The largest absolute Gasteiger partial charge is 0.464 e. The van der Waals surface area contributed by atoms with Crippen LogP contribution in [0.5, 0.6) is 0 Å². The number of hydrogen-bond acceptors (Lipinski definition) is 4. The van der Waals surface area contributed by atoms with Crippen molar-refractivity contribution in [2.75, 3.05) is 13.7 Å². The monoisotopic (exact) mass is 240 g/mol. The van der Waals surface area contributed by atoms with Crippen molar-refractivity contribution in [3.05, 3.63) is 0 Å². The standard InChI is InChI=1S/C12H20N2O3/c1-8(13)10(15)14(2)12-6-4-3-5-9(12)7-17-11(12)16/h8-9H,3-7,13H2,1-2H3. The van der Waals surface area contributed by atoms with Gasteiger partial charge >= 0.3 is 5.97 Å². The second-order valence-electron chi connectivity index (χ2n) is 5.15.